The zero-order valence-corrected chi connectivity index (χ0v) is 37.2. The van der Waals surface area contributed by atoms with Gasteiger partial charge in [-0.2, -0.15) is 0 Å². The fourth-order valence-corrected chi connectivity index (χ4v) is 8.09. The third-order valence-electron chi connectivity index (χ3n) is 11.5. The van der Waals surface area contributed by atoms with E-state index in [2.05, 4.69) is 6.58 Å². The largest absolute Gasteiger partial charge is 0.374 e. The molecule has 344 valence electrons. The maximum Gasteiger partial charge on any atom is 0.187 e. The lowest BCUT2D eigenvalue weighted by Gasteiger charge is -2.49. The molecule has 8 rings (SSSR count). The normalized spacial score (nSPS) is 24.2. The molecule has 10 nitrogen and oxygen atoms in total. The molecule has 0 saturated carbocycles. The first kappa shape index (κ1) is 47.2. The van der Waals surface area contributed by atoms with E-state index < -0.39 is 55.3 Å². The Morgan fingerprint density at radius 1 is 0.409 bits per heavy atom. The van der Waals surface area contributed by atoms with Crippen molar-refractivity contribution in [2.75, 3.05) is 19.8 Å². The highest BCUT2D eigenvalue weighted by Gasteiger charge is 2.53. The summed E-state index contributed by atoms with van der Waals surface area (Å²) in [4.78, 5) is 0. The second-order valence-corrected chi connectivity index (χ2v) is 16.3. The van der Waals surface area contributed by atoms with Crippen molar-refractivity contribution in [3.05, 3.63) is 228 Å². The fraction of sp³-hybridized carbons (Fsp3) is 0.321. The minimum Gasteiger partial charge on any atom is -0.374 e. The summed E-state index contributed by atoms with van der Waals surface area (Å²) in [5.41, 5.74) is 6.00. The number of hydrogen-bond donors (Lipinski definition) is 0. The van der Waals surface area contributed by atoms with Crippen LogP contribution in [0.2, 0.25) is 0 Å². The summed E-state index contributed by atoms with van der Waals surface area (Å²) in [6, 6.07) is 60.3. The van der Waals surface area contributed by atoms with Gasteiger partial charge in [0.05, 0.1) is 59.5 Å². The van der Waals surface area contributed by atoms with Crippen molar-refractivity contribution in [3.8, 4) is 0 Å². The molecule has 0 aliphatic carbocycles. The maximum atomic E-state index is 7.36. The summed E-state index contributed by atoms with van der Waals surface area (Å²) in [5.74, 6) is 0. The van der Waals surface area contributed by atoms with Crippen molar-refractivity contribution in [3.63, 3.8) is 0 Å². The summed E-state index contributed by atoms with van der Waals surface area (Å²) >= 11 is 0. The lowest BCUT2D eigenvalue weighted by molar-refractivity contribution is -0.368. The van der Waals surface area contributed by atoms with Crippen molar-refractivity contribution in [1.82, 2.24) is 0 Å². The van der Waals surface area contributed by atoms with Crippen LogP contribution in [0.1, 0.15) is 33.4 Å². The number of ether oxygens (including phenoxy) is 10. The summed E-state index contributed by atoms with van der Waals surface area (Å²) < 4.78 is 68.2. The molecule has 10 heteroatoms. The standard InChI is InChI=1S/C56H60O10/c1-2-33-58-55-53(62-38-46-29-17-7-18-30-46)51(48(41-64-55)59-35-43-23-11-4-12-24-43)66-56-54(63-39-47-31-19-8-20-32-47)52(61-37-45-27-15-6-16-28-45)50(60-36-44-25-13-5-14-26-44)49(65-56)40-57-34-42-21-9-3-10-22-42/h2-32,48-56H,1,33-41H2/t48-,49-,50-,51+,52+,53-,54-,55+,56-/m1/s1. The lowest BCUT2D eigenvalue weighted by atomic mass is 9.97. The highest BCUT2D eigenvalue weighted by atomic mass is 16.8. The third-order valence-corrected chi connectivity index (χ3v) is 11.5. The predicted octanol–water partition coefficient (Wildman–Crippen LogP) is 9.80. The van der Waals surface area contributed by atoms with Crippen molar-refractivity contribution in [2.24, 2.45) is 0 Å². The van der Waals surface area contributed by atoms with Gasteiger partial charge < -0.3 is 47.4 Å². The molecule has 0 N–H and O–H groups in total. The molecule has 2 fully saturated rings. The number of rotatable bonds is 24. The van der Waals surface area contributed by atoms with Crippen LogP contribution in [0.15, 0.2) is 195 Å². The van der Waals surface area contributed by atoms with Gasteiger partial charge in [0.25, 0.3) is 0 Å². The van der Waals surface area contributed by atoms with E-state index in [-0.39, 0.29) is 39.6 Å². The molecule has 2 saturated heterocycles. The van der Waals surface area contributed by atoms with Crippen LogP contribution in [0, 0.1) is 0 Å². The van der Waals surface area contributed by atoms with Gasteiger partial charge in [-0.25, -0.2) is 0 Å². The molecule has 6 aromatic carbocycles. The SMILES string of the molecule is C=CCO[C@H]1OC[C@@H](OCc2ccccc2)[C@H](O[C@H]2O[C@H](COCc3ccccc3)[C@@H](OCc3ccccc3)[C@H](OCc3ccccc3)[C@H]2OCc2ccccc2)[C@H]1OCc1ccccc1. The Bertz CT molecular complexity index is 2240. The van der Waals surface area contributed by atoms with Gasteiger partial charge in [-0.3, -0.25) is 0 Å². The van der Waals surface area contributed by atoms with Crippen molar-refractivity contribution < 1.29 is 47.4 Å². The molecule has 2 aliphatic heterocycles. The van der Waals surface area contributed by atoms with Crippen LogP contribution in [0.25, 0.3) is 0 Å². The van der Waals surface area contributed by atoms with Gasteiger partial charge in [0.15, 0.2) is 12.6 Å². The minimum atomic E-state index is -1.04. The Balaban J connectivity index is 1.17. The van der Waals surface area contributed by atoms with E-state index in [1.54, 1.807) is 6.08 Å². The number of hydrogen-bond acceptors (Lipinski definition) is 10. The summed E-state index contributed by atoms with van der Waals surface area (Å²) in [6.07, 6.45) is -5.19. The quantitative estimate of drug-likeness (QED) is 0.0547. The second-order valence-electron chi connectivity index (χ2n) is 16.3. The van der Waals surface area contributed by atoms with Crippen LogP contribution in [-0.2, 0) is 87.0 Å². The molecule has 2 aliphatic rings. The molecular formula is C56H60O10. The topological polar surface area (TPSA) is 92.3 Å². The number of benzene rings is 6. The average molecular weight is 893 g/mol. The Morgan fingerprint density at radius 3 is 1.23 bits per heavy atom. The molecule has 0 unspecified atom stereocenters. The van der Waals surface area contributed by atoms with E-state index in [4.69, 9.17) is 47.4 Å². The molecule has 66 heavy (non-hydrogen) atoms. The Labute approximate surface area is 388 Å². The smallest absolute Gasteiger partial charge is 0.187 e. The summed E-state index contributed by atoms with van der Waals surface area (Å²) in [7, 11) is 0. The van der Waals surface area contributed by atoms with Crippen molar-refractivity contribution in [2.45, 2.75) is 94.9 Å². The van der Waals surface area contributed by atoms with E-state index in [1.165, 1.54) is 0 Å². The second kappa shape index (κ2) is 25.5. The molecule has 2 heterocycles. The molecule has 0 spiro atoms. The van der Waals surface area contributed by atoms with Crippen molar-refractivity contribution in [1.29, 1.82) is 0 Å². The van der Waals surface area contributed by atoms with Crippen LogP contribution in [-0.4, -0.2) is 75.1 Å². The average Bonchev–Trinajstić information content (AvgIpc) is 3.38. The zero-order chi connectivity index (χ0) is 45.0. The van der Waals surface area contributed by atoms with E-state index in [0.29, 0.717) is 19.8 Å². The molecule has 0 radical (unpaired) electrons. The van der Waals surface area contributed by atoms with E-state index >= 15 is 0 Å². The minimum absolute atomic E-state index is 0.160. The van der Waals surface area contributed by atoms with Crippen LogP contribution >= 0.6 is 0 Å². The van der Waals surface area contributed by atoms with Crippen LogP contribution in [0.3, 0.4) is 0 Å². The van der Waals surface area contributed by atoms with Crippen LogP contribution in [0.5, 0.6) is 0 Å². The molecular weight excluding hydrogens is 833 g/mol. The van der Waals surface area contributed by atoms with E-state index in [1.807, 2.05) is 182 Å². The van der Waals surface area contributed by atoms with Gasteiger partial charge >= 0.3 is 0 Å². The predicted molar refractivity (Wildman–Crippen MR) is 251 cm³/mol. The van der Waals surface area contributed by atoms with Gasteiger partial charge in [0.1, 0.15) is 42.7 Å². The van der Waals surface area contributed by atoms with Gasteiger partial charge in [-0.1, -0.05) is 188 Å². The van der Waals surface area contributed by atoms with Crippen LogP contribution in [0.4, 0.5) is 0 Å². The first-order valence-corrected chi connectivity index (χ1v) is 22.7. The molecule has 0 amide bonds. The highest BCUT2D eigenvalue weighted by molar-refractivity contribution is 5.18. The molecule has 0 bridgehead atoms. The molecule has 6 aromatic rings. The monoisotopic (exact) mass is 892 g/mol. The maximum absolute atomic E-state index is 7.36. The molecule has 9 atom stereocenters. The fourth-order valence-electron chi connectivity index (χ4n) is 8.09. The van der Waals surface area contributed by atoms with Gasteiger partial charge in [-0.15, -0.1) is 6.58 Å². The zero-order valence-electron chi connectivity index (χ0n) is 37.2. The summed E-state index contributed by atoms with van der Waals surface area (Å²) in [5, 5.41) is 0. The van der Waals surface area contributed by atoms with Gasteiger partial charge in [0.2, 0.25) is 0 Å². The lowest BCUT2D eigenvalue weighted by Crippen LogP contribution is -2.65. The van der Waals surface area contributed by atoms with Gasteiger partial charge in [-0.05, 0) is 33.4 Å². The Kier molecular flexibility index (Phi) is 18.2. The summed E-state index contributed by atoms with van der Waals surface area (Å²) in [6.45, 7) is 6.25. The van der Waals surface area contributed by atoms with E-state index in [9.17, 15) is 0 Å². The van der Waals surface area contributed by atoms with Gasteiger partial charge in [0, 0.05) is 0 Å². The van der Waals surface area contributed by atoms with Crippen molar-refractivity contribution >= 4 is 0 Å². The van der Waals surface area contributed by atoms with E-state index in [0.717, 1.165) is 33.4 Å². The Hall–Kier alpha value is -5.34. The van der Waals surface area contributed by atoms with Crippen LogP contribution < -0.4 is 0 Å². The first-order chi connectivity index (χ1) is 32.7. The highest BCUT2D eigenvalue weighted by Crippen LogP contribution is 2.35. The third kappa shape index (κ3) is 13.9. The Morgan fingerprint density at radius 2 is 0.788 bits per heavy atom. The first-order valence-electron chi connectivity index (χ1n) is 22.7. The molecule has 0 aromatic heterocycles.